The fourth-order valence-electron chi connectivity index (χ4n) is 4.16. The summed E-state index contributed by atoms with van der Waals surface area (Å²) in [4.78, 5) is 12.4. The number of hydrogen-bond donors (Lipinski definition) is 2. The minimum Gasteiger partial charge on any atom is -0.359 e. The molecule has 2 N–H and O–H groups in total. The van der Waals surface area contributed by atoms with Gasteiger partial charge in [-0.2, -0.15) is 26.3 Å². The van der Waals surface area contributed by atoms with E-state index in [1.807, 2.05) is 13.8 Å². The highest BCUT2D eigenvalue weighted by Gasteiger charge is 2.36. The van der Waals surface area contributed by atoms with Crippen molar-refractivity contribution in [2.45, 2.75) is 32.6 Å². The minimum atomic E-state index is -4.49. The molecule has 14 heteroatoms. The molecule has 0 radical (unpaired) electrons. The van der Waals surface area contributed by atoms with Gasteiger partial charge in [0.15, 0.2) is 0 Å². The molecule has 0 aliphatic rings. The number of fused-ring (bicyclic) bond motifs is 2. The number of pyridine rings is 2. The first-order chi connectivity index (χ1) is 20.4. The predicted molar refractivity (Wildman–Crippen MR) is 155 cm³/mol. The van der Waals surface area contributed by atoms with Crippen LogP contribution in [0.2, 0.25) is 0 Å². The van der Waals surface area contributed by atoms with E-state index in [9.17, 15) is 35.1 Å². The van der Waals surface area contributed by atoms with Crippen LogP contribution in [-0.2, 0) is 12.4 Å². The largest absolute Gasteiger partial charge is 0.426 e. The van der Waals surface area contributed by atoms with Gasteiger partial charge in [0.25, 0.3) is 6.43 Å². The van der Waals surface area contributed by atoms with Crippen molar-refractivity contribution < 1.29 is 35.1 Å². The van der Waals surface area contributed by atoms with Gasteiger partial charge < -0.3 is 9.97 Å². The highest BCUT2D eigenvalue weighted by molar-refractivity contribution is 7.10. The van der Waals surface area contributed by atoms with E-state index in [1.54, 1.807) is 24.4 Å². The molecule has 6 heterocycles. The van der Waals surface area contributed by atoms with Crippen molar-refractivity contribution in [2.75, 3.05) is 0 Å². The average molecular weight is 643 g/mol. The summed E-state index contributed by atoms with van der Waals surface area (Å²) < 4.78 is 103. The van der Waals surface area contributed by atoms with Crippen molar-refractivity contribution >= 4 is 50.8 Å². The lowest BCUT2D eigenvalue weighted by molar-refractivity contribution is -0.134. The molecule has 226 valence electrons. The molecule has 0 aliphatic heterocycles. The zero-order chi connectivity index (χ0) is 31.5. The third-order valence-corrected chi connectivity index (χ3v) is 7.86. The first-order valence-electron chi connectivity index (χ1n) is 12.6. The Kier molecular flexibility index (Phi) is 9.40. The SMILES string of the molecule is C=Cc1ccc2[nH]cc(-c3ccsc3C(F)(F)F)c2n1.CC.FC(F)c1ccc2[nH]cc(-c3ccsc3C(F)(F)F)c2n1. The van der Waals surface area contributed by atoms with Crippen molar-refractivity contribution in [3.63, 3.8) is 0 Å². The van der Waals surface area contributed by atoms with Gasteiger partial charge in [0, 0.05) is 34.6 Å². The molecule has 0 bridgehead atoms. The Bertz CT molecular complexity index is 1840. The van der Waals surface area contributed by atoms with Gasteiger partial charge in [-0.15, -0.1) is 22.7 Å². The maximum atomic E-state index is 13.0. The number of halogens is 8. The molecule has 0 saturated heterocycles. The monoisotopic (exact) mass is 642 g/mol. The van der Waals surface area contributed by atoms with E-state index < -0.39 is 34.2 Å². The lowest BCUT2D eigenvalue weighted by Gasteiger charge is -2.07. The van der Waals surface area contributed by atoms with Gasteiger partial charge in [-0.3, -0.25) is 0 Å². The summed E-state index contributed by atoms with van der Waals surface area (Å²) >= 11 is 1.25. The lowest BCUT2D eigenvalue weighted by Crippen LogP contribution is -2.03. The van der Waals surface area contributed by atoms with Crippen LogP contribution in [0, 0.1) is 0 Å². The van der Waals surface area contributed by atoms with E-state index >= 15 is 0 Å². The maximum absolute atomic E-state index is 13.0. The summed E-state index contributed by atoms with van der Waals surface area (Å²) in [6, 6.07) is 8.85. The molecule has 4 nitrogen and oxygen atoms in total. The Hall–Kier alpha value is -4.04. The number of H-pyrrole nitrogens is 2. The van der Waals surface area contributed by atoms with Crippen molar-refractivity contribution in [1.29, 1.82) is 0 Å². The third-order valence-electron chi connectivity index (χ3n) is 5.95. The Morgan fingerprint density at radius 3 is 1.60 bits per heavy atom. The summed E-state index contributed by atoms with van der Waals surface area (Å²) in [5.74, 6) is 0. The summed E-state index contributed by atoms with van der Waals surface area (Å²) in [6.07, 6.45) is -7.15. The fourth-order valence-corrected chi connectivity index (χ4v) is 5.71. The second-order valence-corrected chi connectivity index (χ2v) is 10.3. The first-order valence-corrected chi connectivity index (χ1v) is 14.3. The highest BCUT2D eigenvalue weighted by atomic mass is 32.1. The third kappa shape index (κ3) is 6.64. The van der Waals surface area contributed by atoms with Crippen LogP contribution in [-0.4, -0.2) is 19.9 Å². The molecular formula is C29H22F8N4S2. The number of nitrogens with zero attached hydrogens (tertiary/aromatic N) is 2. The van der Waals surface area contributed by atoms with E-state index in [4.69, 9.17) is 0 Å². The number of rotatable bonds is 4. The number of alkyl halides is 8. The van der Waals surface area contributed by atoms with Crippen LogP contribution in [0.15, 0.2) is 66.1 Å². The number of thiophene rings is 2. The molecule has 43 heavy (non-hydrogen) atoms. The second kappa shape index (κ2) is 12.7. The molecule has 0 aromatic carbocycles. The topological polar surface area (TPSA) is 57.4 Å². The van der Waals surface area contributed by atoms with Crippen LogP contribution >= 0.6 is 22.7 Å². The Balaban J connectivity index is 0.000000186. The van der Waals surface area contributed by atoms with E-state index in [0.717, 1.165) is 6.07 Å². The molecule has 6 rings (SSSR count). The molecule has 0 aliphatic carbocycles. The molecule has 0 fully saturated rings. The normalized spacial score (nSPS) is 11.8. The summed E-state index contributed by atoms with van der Waals surface area (Å²) in [7, 11) is 0. The second-order valence-electron chi connectivity index (χ2n) is 8.50. The number of aromatic nitrogens is 4. The predicted octanol–water partition coefficient (Wildman–Crippen LogP) is 11.2. The Morgan fingerprint density at radius 2 is 1.16 bits per heavy atom. The van der Waals surface area contributed by atoms with Gasteiger partial charge in [-0.25, -0.2) is 18.7 Å². The fraction of sp³-hybridized carbons (Fsp3) is 0.172. The summed E-state index contributed by atoms with van der Waals surface area (Å²) in [6.45, 7) is 7.62. The Morgan fingerprint density at radius 1 is 0.698 bits per heavy atom. The quantitative estimate of drug-likeness (QED) is 0.188. The van der Waals surface area contributed by atoms with Crippen LogP contribution in [0.5, 0.6) is 0 Å². The van der Waals surface area contributed by atoms with Crippen molar-refractivity contribution in [1.82, 2.24) is 19.9 Å². The van der Waals surface area contributed by atoms with Crippen molar-refractivity contribution in [3.8, 4) is 22.3 Å². The van der Waals surface area contributed by atoms with E-state index in [-0.39, 0.29) is 22.2 Å². The maximum Gasteiger partial charge on any atom is 0.426 e. The van der Waals surface area contributed by atoms with Gasteiger partial charge in [0.2, 0.25) is 0 Å². The van der Waals surface area contributed by atoms with Crippen LogP contribution in [0.1, 0.15) is 41.4 Å². The Labute approximate surface area is 247 Å². The van der Waals surface area contributed by atoms with Crippen LogP contribution in [0.25, 0.3) is 50.4 Å². The molecule has 0 saturated carbocycles. The minimum absolute atomic E-state index is 0.0577. The first kappa shape index (κ1) is 31.9. The standard InChI is InChI=1S/C14H9F3N2S.C13H7F5N2S.C2H6/c1-2-8-3-4-11-12(19-8)10(7-18-11)9-5-6-20-13(9)14(15,16)17;14-12(15)9-2-1-8-10(20-9)7(5-19-8)6-3-4-21-11(6)13(16,17)18;1-2/h2-7,18H,1H2;1-5,12,19H;1-2H3. The summed E-state index contributed by atoms with van der Waals surface area (Å²) in [5.41, 5.74) is 2.62. The summed E-state index contributed by atoms with van der Waals surface area (Å²) in [5, 5.41) is 2.75. The number of hydrogen-bond acceptors (Lipinski definition) is 4. The smallest absolute Gasteiger partial charge is 0.359 e. The molecular weight excluding hydrogens is 620 g/mol. The van der Waals surface area contributed by atoms with Gasteiger partial charge in [-0.05, 0) is 53.2 Å². The number of aromatic amines is 2. The molecule has 6 aromatic rings. The van der Waals surface area contributed by atoms with Gasteiger partial charge in [0.1, 0.15) is 15.4 Å². The van der Waals surface area contributed by atoms with E-state index in [2.05, 4.69) is 26.5 Å². The van der Waals surface area contributed by atoms with Crippen molar-refractivity contribution in [2.24, 2.45) is 0 Å². The van der Waals surface area contributed by atoms with Gasteiger partial charge >= 0.3 is 12.4 Å². The average Bonchev–Trinajstić information content (AvgIpc) is 3.77. The van der Waals surface area contributed by atoms with E-state index in [1.165, 1.54) is 35.2 Å². The molecule has 0 atom stereocenters. The van der Waals surface area contributed by atoms with Crippen molar-refractivity contribution in [3.05, 3.63) is 87.3 Å². The zero-order valence-electron chi connectivity index (χ0n) is 22.4. The van der Waals surface area contributed by atoms with Crippen LogP contribution in [0.3, 0.4) is 0 Å². The zero-order valence-corrected chi connectivity index (χ0v) is 24.0. The van der Waals surface area contributed by atoms with Crippen LogP contribution in [0.4, 0.5) is 35.1 Å². The highest BCUT2D eigenvalue weighted by Crippen LogP contribution is 2.43. The molecule has 0 amide bonds. The molecule has 6 aromatic heterocycles. The number of nitrogens with one attached hydrogen (secondary N) is 2. The lowest BCUT2D eigenvalue weighted by atomic mass is 10.1. The molecule has 0 unspecified atom stereocenters. The van der Waals surface area contributed by atoms with Crippen LogP contribution < -0.4 is 0 Å². The molecule has 0 spiro atoms. The van der Waals surface area contributed by atoms with E-state index in [0.29, 0.717) is 50.5 Å². The van der Waals surface area contributed by atoms with Gasteiger partial charge in [-0.1, -0.05) is 20.4 Å². The van der Waals surface area contributed by atoms with Gasteiger partial charge in [0.05, 0.1) is 27.8 Å².